The van der Waals surface area contributed by atoms with Crippen molar-refractivity contribution in [2.75, 3.05) is 16.4 Å². The van der Waals surface area contributed by atoms with Gasteiger partial charge in [-0.1, -0.05) is 48.0 Å². The van der Waals surface area contributed by atoms with E-state index in [1.165, 1.54) is 6.33 Å². The summed E-state index contributed by atoms with van der Waals surface area (Å²) >= 11 is 6.06. The van der Waals surface area contributed by atoms with Crippen molar-refractivity contribution in [2.24, 2.45) is 0 Å². The number of hydrogen-bond donors (Lipinski definition) is 3. The van der Waals surface area contributed by atoms with Gasteiger partial charge in [0.1, 0.15) is 12.0 Å². The molecule has 0 aliphatic rings. The van der Waals surface area contributed by atoms with E-state index in [-0.39, 0.29) is 0 Å². The minimum Gasteiger partial charge on any atom is -0.393 e. The summed E-state index contributed by atoms with van der Waals surface area (Å²) < 4.78 is 0. The van der Waals surface area contributed by atoms with Crippen molar-refractivity contribution in [3.05, 3.63) is 71.0 Å². The predicted molar refractivity (Wildman–Crippen MR) is 99.7 cm³/mol. The molecule has 2 aromatic carbocycles. The van der Waals surface area contributed by atoms with Crippen LogP contribution in [0.5, 0.6) is 0 Å². The van der Waals surface area contributed by atoms with Crippen LogP contribution in [0.2, 0.25) is 5.02 Å². The molecule has 3 aromatic rings. The summed E-state index contributed by atoms with van der Waals surface area (Å²) in [5, 5.41) is 7.11. The molecular formula is C18H18ClN5. The summed E-state index contributed by atoms with van der Waals surface area (Å²) in [5.41, 5.74) is 9.73. The van der Waals surface area contributed by atoms with Crippen molar-refractivity contribution in [2.45, 2.75) is 13.5 Å². The maximum Gasteiger partial charge on any atom is 0.159 e. The largest absolute Gasteiger partial charge is 0.393 e. The Kier molecular flexibility index (Phi) is 4.82. The minimum atomic E-state index is 0.466. The van der Waals surface area contributed by atoms with E-state index >= 15 is 0 Å². The highest BCUT2D eigenvalue weighted by molar-refractivity contribution is 6.30. The number of nitrogens with one attached hydrogen (secondary N) is 2. The molecule has 0 atom stereocenters. The maximum absolute atomic E-state index is 6.20. The fraction of sp³-hybridized carbons (Fsp3) is 0.111. The Morgan fingerprint density at radius 1 is 1.04 bits per heavy atom. The minimum absolute atomic E-state index is 0.466. The number of aryl methyl sites for hydroxylation is 1. The summed E-state index contributed by atoms with van der Waals surface area (Å²) in [7, 11) is 0. The average molecular weight is 340 g/mol. The molecular weight excluding hydrogens is 322 g/mol. The van der Waals surface area contributed by atoms with Crippen molar-refractivity contribution >= 4 is 34.6 Å². The van der Waals surface area contributed by atoms with Gasteiger partial charge in [-0.25, -0.2) is 9.97 Å². The van der Waals surface area contributed by atoms with Gasteiger partial charge in [0, 0.05) is 17.3 Å². The van der Waals surface area contributed by atoms with Gasteiger partial charge in [0.05, 0.1) is 0 Å². The van der Waals surface area contributed by atoms with E-state index in [0.29, 0.717) is 28.9 Å². The summed E-state index contributed by atoms with van der Waals surface area (Å²) in [6.07, 6.45) is 1.48. The van der Waals surface area contributed by atoms with Crippen LogP contribution in [0.15, 0.2) is 54.9 Å². The number of rotatable bonds is 5. The van der Waals surface area contributed by atoms with Crippen molar-refractivity contribution in [3.63, 3.8) is 0 Å². The maximum atomic E-state index is 6.20. The van der Waals surface area contributed by atoms with Gasteiger partial charge in [-0.3, -0.25) is 0 Å². The number of nitrogens with zero attached hydrogens (tertiary/aromatic N) is 2. The third kappa shape index (κ3) is 3.75. The SMILES string of the molecule is Cc1ccc(Cl)cc1Nc1ncnc(NCc2ccccc2)c1N. The van der Waals surface area contributed by atoms with E-state index in [1.807, 2.05) is 55.5 Å². The van der Waals surface area contributed by atoms with Crippen LogP contribution in [0, 0.1) is 6.92 Å². The first-order valence-corrected chi connectivity index (χ1v) is 7.93. The Hall–Kier alpha value is -2.79. The zero-order valence-electron chi connectivity index (χ0n) is 13.3. The third-order valence-corrected chi connectivity index (χ3v) is 3.87. The fourth-order valence-electron chi connectivity index (χ4n) is 2.27. The lowest BCUT2D eigenvalue weighted by Gasteiger charge is -2.14. The fourth-order valence-corrected chi connectivity index (χ4v) is 2.45. The Morgan fingerprint density at radius 3 is 2.58 bits per heavy atom. The van der Waals surface area contributed by atoms with Gasteiger partial charge in [-0.05, 0) is 30.2 Å². The van der Waals surface area contributed by atoms with Crippen LogP contribution >= 0.6 is 11.6 Å². The monoisotopic (exact) mass is 339 g/mol. The summed E-state index contributed by atoms with van der Waals surface area (Å²) in [5.74, 6) is 1.14. The molecule has 6 heteroatoms. The second-order valence-corrected chi connectivity index (χ2v) is 5.84. The number of benzene rings is 2. The molecule has 24 heavy (non-hydrogen) atoms. The van der Waals surface area contributed by atoms with Crippen LogP contribution in [0.3, 0.4) is 0 Å². The Balaban J connectivity index is 1.79. The zero-order valence-corrected chi connectivity index (χ0v) is 14.0. The number of nitrogens with two attached hydrogens (primary N) is 1. The topological polar surface area (TPSA) is 75.9 Å². The van der Waals surface area contributed by atoms with Crippen LogP contribution in [0.4, 0.5) is 23.0 Å². The number of halogens is 1. The molecule has 4 N–H and O–H groups in total. The normalized spacial score (nSPS) is 10.4. The standard InChI is InChI=1S/C18H18ClN5/c1-12-7-8-14(19)9-15(12)24-18-16(20)17(22-11-23-18)21-10-13-5-3-2-4-6-13/h2-9,11H,10,20H2,1H3,(H2,21,22,23,24). The van der Waals surface area contributed by atoms with E-state index in [9.17, 15) is 0 Å². The smallest absolute Gasteiger partial charge is 0.159 e. The van der Waals surface area contributed by atoms with Gasteiger partial charge in [-0.2, -0.15) is 0 Å². The van der Waals surface area contributed by atoms with Crippen molar-refractivity contribution in [3.8, 4) is 0 Å². The Morgan fingerprint density at radius 2 is 1.79 bits per heavy atom. The highest BCUT2D eigenvalue weighted by Gasteiger charge is 2.09. The highest BCUT2D eigenvalue weighted by Crippen LogP contribution is 2.29. The average Bonchev–Trinajstić information content (AvgIpc) is 2.60. The van der Waals surface area contributed by atoms with Crippen LogP contribution in [0.1, 0.15) is 11.1 Å². The molecule has 1 heterocycles. The van der Waals surface area contributed by atoms with E-state index < -0.39 is 0 Å². The molecule has 0 radical (unpaired) electrons. The lowest BCUT2D eigenvalue weighted by molar-refractivity contribution is 1.09. The summed E-state index contributed by atoms with van der Waals surface area (Å²) in [6, 6.07) is 15.7. The number of nitrogen functional groups attached to an aromatic ring is 1. The first-order chi connectivity index (χ1) is 11.6. The molecule has 122 valence electrons. The van der Waals surface area contributed by atoms with E-state index in [2.05, 4.69) is 20.6 Å². The highest BCUT2D eigenvalue weighted by atomic mass is 35.5. The van der Waals surface area contributed by atoms with Crippen LogP contribution in [0.25, 0.3) is 0 Å². The third-order valence-electron chi connectivity index (χ3n) is 3.64. The van der Waals surface area contributed by atoms with Gasteiger partial charge in [0.25, 0.3) is 0 Å². The molecule has 0 amide bonds. The van der Waals surface area contributed by atoms with Crippen molar-refractivity contribution in [1.82, 2.24) is 9.97 Å². The first kappa shape index (κ1) is 16.1. The quantitative estimate of drug-likeness (QED) is 0.643. The van der Waals surface area contributed by atoms with Gasteiger partial charge in [-0.15, -0.1) is 0 Å². The van der Waals surface area contributed by atoms with Crippen molar-refractivity contribution < 1.29 is 0 Å². The lowest BCUT2D eigenvalue weighted by atomic mass is 10.2. The first-order valence-electron chi connectivity index (χ1n) is 7.55. The molecule has 0 aliphatic heterocycles. The number of hydrogen-bond acceptors (Lipinski definition) is 5. The van der Waals surface area contributed by atoms with Gasteiger partial charge in [0.2, 0.25) is 0 Å². The summed E-state index contributed by atoms with van der Waals surface area (Å²) in [4.78, 5) is 8.45. The number of anilines is 4. The summed E-state index contributed by atoms with van der Waals surface area (Å²) in [6.45, 7) is 2.63. The zero-order chi connectivity index (χ0) is 16.9. The van der Waals surface area contributed by atoms with Gasteiger partial charge >= 0.3 is 0 Å². The molecule has 0 unspecified atom stereocenters. The van der Waals surface area contributed by atoms with E-state index in [1.54, 1.807) is 0 Å². The van der Waals surface area contributed by atoms with Crippen LogP contribution < -0.4 is 16.4 Å². The molecule has 5 nitrogen and oxygen atoms in total. The molecule has 0 saturated carbocycles. The lowest BCUT2D eigenvalue weighted by Crippen LogP contribution is -2.08. The molecule has 0 saturated heterocycles. The molecule has 0 bridgehead atoms. The Bertz CT molecular complexity index is 836. The molecule has 1 aromatic heterocycles. The molecule has 0 aliphatic carbocycles. The van der Waals surface area contributed by atoms with E-state index in [4.69, 9.17) is 17.3 Å². The second-order valence-electron chi connectivity index (χ2n) is 5.41. The second kappa shape index (κ2) is 7.19. The Labute approximate surface area is 145 Å². The van der Waals surface area contributed by atoms with Crippen LogP contribution in [-0.4, -0.2) is 9.97 Å². The van der Waals surface area contributed by atoms with Crippen molar-refractivity contribution in [1.29, 1.82) is 0 Å². The number of aromatic nitrogens is 2. The molecule has 0 spiro atoms. The van der Waals surface area contributed by atoms with Crippen LogP contribution in [-0.2, 0) is 6.54 Å². The van der Waals surface area contributed by atoms with Gasteiger partial charge in [0.15, 0.2) is 11.6 Å². The molecule has 3 rings (SSSR count). The molecule has 0 fully saturated rings. The van der Waals surface area contributed by atoms with Gasteiger partial charge < -0.3 is 16.4 Å². The predicted octanol–water partition coefficient (Wildman–Crippen LogP) is 4.38. The van der Waals surface area contributed by atoms with E-state index in [0.717, 1.165) is 16.8 Å².